The molecule has 0 bridgehead atoms. The van der Waals surface area contributed by atoms with E-state index in [2.05, 4.69) is 29.9 Å². The lowest BCUT2D eigenvalue weighted by Crippen LogP contribution is -1.98. The van der Waals surface area contributed by atoms with Crippen LogP contribution in [0.1, 0.15) is 38.4 Å². The van der Waals surface area contributed by atoms with Gasteiger partial charge in [0.05, 0.1) is 17.6 Å². The topological polar surface area (TPSA) is 37.9 Å². The van der Waals surface area contributed by atoms with Gasteiger partial charge in [0.2, 0.25) is 0 Å². The zero-order chi connectivity index (χ0) is 11.8. The van der Waals surface area contributed by atoms with Crippen LogP contribution in [0.25, 0.3) is 11.0 Å². The number of aromatic nitrogens is 2. The molecule has 3 heteroatoms. The Labute approximate surface area is 101 Å². The molecular formula is C14H18N2O. The smallest absolute Gasteiger partial charge is 0.121 e. The lowest BCUT2D eigenvalue weighted by molar-refractivity contribution is 0.300. The summed E-state index contributed by atoms with van der Waals surface area (Å²) in [6.07, 6.45) is 2.65. The molecule has 1 heterocycles. The van der Waals surface area contributed by atoms with Crippen molar-refractivity contribution < 1.29 is 4.74 Å². The van der Waals surface area contributed by atoms with Crippen LogP contribution in [-0.2, 0) is 0 Å². The molecule has 3 rings (SSSR count). The van der Waals surface area contributed by atoms with Gasteiger partial charge in [-0.2, -0.15) is 0 Å². The van der Waals surface area contributed by atoms with E-state index in [1.54, 1.807) is 0 Å². The van der Waals surface area contributed by atoms with E-state index in [1.165, 1.54) is 12.8 Å². The number of hydrogen-bond acceptors (Lipinski definition) is 2. The zero-order valence-corrected chi connectivity index (χ0v) is 10.4. The number of imidazole rings is 1. The van der Waals surface area contributed by atoms with Crippen molar-refractivity contribution in [1.29, 1.82) is 0 Å². The fourth-order valence-electron chi connectivity index (χ4n) is 1.87. The molecular weight excluding hydrogens is 212 g/mol. The minimum Gasteiger partial charge on any atom is -0.493 e. The van der Waals surface area contributed by atoms with Crippen LogP contribution >= 0.6 is 0 Å². The van der Waals surface area contributed by atoms with Crippen molar-refractivity contribution in [3.8, 4) is 5.75 Å². The van der Waals surface area contributed by atoms with E-state index >= 15 is 0 Å². The van der Waals surface area contributed by atoms with Gasteiger partial charge in [0.1, 0.15) is 11.6 Å². The van der Waals surface area contributed by atoms with E-state index < -0.39 is 0 Å². The average molecular weight is 230 g/mol. The molecule has 0 atom stereocenters. The molecule has 2 aromatic rings. The SMILES string of the molecule is CC(C)c1nc2ccc(OCC3CC3)cc2[nH]1. The standard InChI is InChI=1S/C14H18N2O/c1-9(2)14-15-12-6-5-11(7-13(12)16-14)17-8-10-3-4-10/h5-7,9-10H,3-4,8H2,1-2H3,(H,15,16). The van der Waals surface area contributed by atoms with Gasteiger partial charge in [0.15, 0.2) is 0 Å². The minimum atomic E-state index is 0.429. The molecule has 0 radical (unpaired) electrons. The average Bonchev–Trinajstić information content (AvgIpc) is 3.03. The molecule has 90 valence electrons. The number of benzene rings is 1. The number of nitrogens with one attached hydrogen (secondary N) is 1. The predicted octanol–water partition coefficient (Wildman–Crippen LogP) is 3.48. The van der Waals surface area contributed by atoms with Crippen molar-refractivity contribution in [2.75, 3.05) is 6.61 Å². The molecule has 0 aliphatic heterocycles. The quantitative estimate of drug-likeness (QED) is 0.873. The summed E-state index contributed by atoms with van der Waals surface area (Å²) in [5.41, 5.74) is 2.09. The molecule has 1 aromatic carbocycles. The first-order chi connectivity index (χ1) is 8.22. The van der Waals surface area contributed by atoms with E-state index in [9.17, 15) is 0 Å². The summed E-state index contributed by atoms with van der Waals surface area (Å²) in [4.78, 5) is 7.90. The van der Waals surface area contributed by atoms with Crippen LogP contribution in [-0.4, -0.2) is 16.6 Å². The Hall–Kier alpha value is -1.51. The monoisotopic (exact) mass is 230 g/mol. The van der Waals surface area contributed by atoms with E-state index in [0.29, 0.717) is 5.92 Å². The molecule has 1 aromatic heterocycles. The summed E-state index contributed by atoms with van der Waals surface area (Å²) in [5.74, 6) is 3.21. The lowest BCUT2D eigenvalue weighted by Gasteiger charge is -2.04. The highest BCUT2D eigenvalue weighted by Crippen LogP contribution is 2.30. The van der Waals surface area contributed by atoms with Crippen molar-refractivity contribution >= 4 is 11.0 Å². The van der Waals surface area contributed by atoms with Gasteiger partial charge in [-0.1, -0.05) is 13.8 Å². The van der Waals surface area contributed by atoms with Crippen molar-refractivity contribution in [3.63, 3.8) is 0 Å². The van der Waals surface area contributed by atoms with Gasteiger partial charge >= 0.3 is 0 Å². The highest BCUT2D eigenvalue weighted by Gasteiger charge is 2.21. The Kier molecular flexibility index (Phi) is 2.54. The second-order valence-electron chi connectivity index (χ2n) is 5.21. The second kappa shape index (κ2) is 4.06. The third kappa shape index (κ3) is 2.28. The summed E-state index contributed by atoms with van der Waals surface area (Å²) in [6.45, 7) is 5.14. The number of rotatable bonds is 4. The van der Waals surface area contributed by atoms with Crippen LogP contribution in [0.2, 0.25) is 0 Å². The van der Waals surface area contributed by atoms with Crippen LogP contribution in [0.15, 0.2) is 18.2 Å². The maximum atomic E-state index is 5.76. The van der Waals surface area contributed by atoms with E-state index in [4.69, 9.17) is 4.74 Å². The maximum Gasteiger partial charge on any atom is 0.121 e. The van der Waals surface area contributed by atoms with Crippen LogP contribution in [0.4, 0.5) is 0 Å². The Morgan fingerprint density at radius 2 is 2.24 bits per heavy atom. The van der Waals surface area contributed by atoms with E-state index in [0.717, 1.165) is 35.1 Å². The van der Waals surface area contributed by atoms with E-state index in [-0.39, 0.29) is 0 Å². The van der Waals surface area contributed by atoms with Crippen LogP contribution in [0.3, 0.4) is 0 Å². The third-order valence-electron chi connectivity index (χ3n) is 3.20. The molecule has 1 saturated carbocycles. The predicted molar refractivity (Wildman–Crippen MR) is 68.4 cm³/mol. The third-order valence-corrected chi connectivity index (χ3v) is 3.20. The fraction of sp³-hybridized carbons (Fsp3) is 0.500. The molecule has 1 N–H and O–H groups in total. The summed E-state index contributed by atoms with van der Waals surface area (Å²) in [6, 6.07) is 6.09. The Balaban J connectivity index is 1.83. The molecule has 1 aliphatic carbocycles. The molecule has 1 fully saturated rings. The molecule has 3 nitrogen and oxygen atoms in total. The lowest BCUT2D eigenvalue weighted by atomic mass is 10.2. The Morgan fingerprint density at radius 1 is 1.41 bits per heavy atom. The van der Waals surface area contributed by atoms with Gasteiger partial charge in [-0.15, -0.1) is 0 Å². The first-order valence-electron chi connectivity index (χ1n) is 6.35. The summed E-state index contributed by atoms with van der Waals surface area (Å²) in [7, 11) is 0. The molecule has 1 aliphatic rings. The fourth-order valence-corrected chi connectivity index (χ4v) is 1.87. The Morgan fingerprint density at radius 3 is 2.94 bits per heavy atom. The Bertz CT molecular complexity index is 526. The minimum absolute atomic E-state index is 0.429. The van der Waals surface area contributed by atoms with Crippen molar-refractivity contribution in [2.45, 2.75) is 32.6 Å². The molecule has 0 unspecified atom stereocenters. The van der Waals surface area contributed by atoms with Crippen molar-refractivity contribution in [3.05, 3.63) is 24.0 Å². The van der Waals surface area contributed by atoms with Crippen LogP contribution < -0.4 is 4.74 Å². The number of ether oxygens (including phenoxy) is 1. The number of fused-ring (bicyclic) bond motifs is 1. The second-order valence-corrected chi connectivity index (χ2v) is 5.21. The van der Waals surface area contributed by atoms with Gasteiger partial charge in [-0.25, -0.2) is 4.98 Å². The van der Waals surface area contributed by atoms with Crippen LogP contribution in [0, 0.1) is 5.92 Å². The van der Waals surface area contributed by atoms with Crippen molar-refractivity contribution in [2.24, 2.45) is 5.92 Å². The summed E-state index contributed by atoms with van der Waals surface area (Å²) in [5, 5.41) is 0. The highest BCUT2D eigenvalue weighted by atomic mass is 16.5. The van der Waals surface area contributed by atoms with Gasteiger partial charge < -0.3 is 9.72 Å². The zero-order valence-electron chi connectivity index (χ0n) is 10.4. The molecule has 0 saturated heterocycles. The van der Waals surface area contributed by atoms with Gasteiger partial charge in [-0.3, -0.25) is 0 Å². The summed E-state index contributed by atoms with van der Waals surface area (Å²) < 4.78 is 5.76. The highest BCUT2D eigenvalue weighted by molar-refractivity contribution is 5.76. The number of hydrogen-bond donors (Lipinski definition) is 1. The number of aromatic amines is 1. The first kappa shape index (κ1) is 10.6. The van der Waals surface area contributed by atoms with E-state index in [1.807, 2.05) is 12.1 Å². The summed E-state index contributed by atoms with van der Waals surface area (Å²) >= 11 is 0. The number of nitrogens with zero attached hydrogens (tertiary/aromatic N) is 1. The van der Waals surface area contributed by atoms with Crippen LogP contribution in [0.5, 0.6) is 5.75 Å². The largest absolute Gasteiger partial charge is 0.493 e. The normalized spacial score (nSPS) is 15.7. The molecule has 0 spiro atoms. The first-order valence-corrected chi connectivity index (χ1v) is 6.35. The van der Waals surface area contributed by atoms with Gasteiger partial charge in [0.25, 0.3) is 0 Å². The van der Waals surface area contributed by atoms with Crippen molar-refractivity contribution in [1.82, 2.24) is 9.97 Å². The number of H-pyrrole nitrogens is 1. The molecule has 0 amide bonds. The van der Waals surface area contributed by atoms with Gasteiger partial charge in [-0.05, 0) is 30.9 Å². The maximum absolute atomic E-state index is 5.76. The van der Waals surface area contributed by atoms with Gasteiger partial charge in [0, 0.05) is 12.0 Å². The molecule has 17 heavy (non-hydrogen) atoms.